The lowest BCUT2D eigenvalue weighted by molar-refractivity contribution is -0.143. The molecule has 0 aliphatic heterocycles. The summed E-state index contributed by atoms with van der Waals surface area (Å²) in [6.45, 7) is 4.30. The highest BCUT2D eigenvalue weighted by atomic mass is 16.5. The molecule has 0 spiro atoms. The Morgan fingerprint density at radius 3 is 2.63 bits per heavy atom. The molecule has 0 heterocycles. The minimum atomic E-state index is -0.296. The lowest BCUT2D eigenvalue weighted by Crippen LogP contribution is -2.29. The first-order chi connectivity index (χ1) is 8.95. The molecular weight excluding hydrogens is 244 g/mol. The Morgan fingerprint density at radius 1 is 1.37 bits per heavy atom. The van der Waals surface area contributed by atoms with Crippen LogP contribution in [0.2, 0.25) is 0 Å². The van der Waals surface area contributed by atoms with Crippen molar-refractivity contribution in [3.05, 3.63) is 29.3 Å². The summed E-state index contributed by atoms with van der Waals surface area (Å²) in [5.41, 5.74) is 7.80. The number of rotatable bonds is 5. The van der Waals surface area contributed by atoms with E-state index in [1.165, 1.54) is 4.90 Å². The van der Waals surface area contributed by atoms with E-state index in [1.807, 2.05) is 6.92 Å². The lowest BCUT2D eigenvalue weighted by atomic mass is 10.1. The molecule has 0 aromatic heterocycles. The van der Waals surface area contributed by atoms with Crippen LogP contribution in [0.25, 0.3) is 0 Å². The van der Waals surface area contributed by atoms with E-state index in [0.717, 1.165) is 5.56 Å². The Morgan fingerprint density at radius 2 is 2.05 bits per heavy atom. The zero-order valence-corrected chi connectivity index (χ0v) is 11.6. The van der Waals surface area contributed by atoms with Gasteiger partial charge >= 0.3 is 5.97 Å². The normalized spacial score (nSPS) is 10.1. The molecule has 19 heavy (non-hydrogen) atoms. The SMILES string of the molecule is CCOC(=O)CCN(C)C(=O)c1ccc(N)c(C)c1. The Hall–Kier alpha value is -2.04. The van der Waals surface area contributed by atoms with Crippen LogP contribution in [0.15, 0.2) is 18.2 Å². The van der Waals surface area contributed by atoms with E-state index in [0.29, 0.717) is 24.4 Å². The van der Waals surface area contributed by atoms with Gasteiger partial charge in [-0.15, -0.1) is 0 Å². The third-order valence-electron chi connectivity index (χ3n) is 2.82. The van der Waals surface area contributed by atoms with E-state index in [1.54, 1.807) is 32.2 Å². The highest BCUT2D eigenvalue weighted by Gasteiger charge is 2.13. The average molecular weight is 264 g/mol. The molecule has 0 saturated heterocycles. The second kappa shape index (κ2) is 6.78. The number of aryl methyl sites for hydroxylation is 1. The average Bonchev–Trinajstić information content (AvgIpc) is 2.38. The number of benzene rings is 1. The van der Waals surface area contributed by atoms with Gasteiger partial charge in [0, 0.05) is 24.8 Å². The van der Waals surface area contributed by atoms with Gasteiger partial charge in [0.2, 0.25) is 0 Å². The van der Waals surface area contributed by atoms with Gasteiger partial charge in [0.25, 0.3) is 5.91 Å². The highest BCUT2D eigenvalue weighted by molar-refractivity contribution is 5.94. The van der Waals surface area contributed by atoms with Crippen molar-refractivity contribution >= 4 is 17.6 Å². The Balaban J connectivity index is 2.61. The fourth-order valence-corrected chi connectivity index (χ4v) is 1.62. The van der Waals surface area contributed by atoms with E-state index in [9.17, 15) is 9.59 Å². The van der Waals surface area contributed by atoms with Crippen LogP contribution >= 0.6 is 0 Å². The molecule has 104 valence electrons. The van der Waals surface area contributed by atoms with Gasteiger partial charge in [-0.1, -0.05) is 0 Å². The molecule has 1 aromatic carbocycles. The molecule has 5 heteroatoms. The maximum atomic E-state index is 12.1. The molecule has 0 aliphatic rings. The number of nitrogens with zero attached hydrogens (tertiary/aromatic N) is 1. The van der Waals surface area contributed by atoms with Crippen molar-refractivity contribution in [1.82, 2.24) is 4.90 Å². The molecule has 0 aliphatic carbocycles. The van der Waals surface area contributed by atoms with Crippen LogP contribution in [0.5, 0.6) is 0 Å². The predicted molar refractivity (Wildman–Crippen MR) is 73.8 cm³/mol. The molecule has 1 rings (SSSR count). The Bertz CT molecular complexity index is 472. The van der Waals surface area contributed by atoms with E-state index in [2.05, 4.69) is 0 Å². The number of anilines is 1. The minimum absolute atomic E-state index is 0.132. The van der Waals surface area contributed by atoms with Gasteiger partial charge in [0.05, 0.1) is 13.0 Å². The van der Waals surface area contributed by atoms with Gasteiger partial charge in [-0.2, -0.15) is 0 Å². The van der Waals surface area contributed by atoms with E-state index < -0.39 is 0 Å². The lowest BCUT2D eigenvalue weighted by Gasteiger charge is -2.17. The third kappa shape index (κ3) is 4.28. The van der Waals surface area contributed by atoms with Crippen LogP contribution in [0.1, 0.15) is 29.3 Å². The topological polar surface area (TPSA) is 72.6 Å². The summed E-state index contributed by atoms with van der Waals surface area (Å²) >= 11 is 0. The number of carbonyl (C=O) groups excluding carboxylic acids is 2. The molecular formula is C14H20N2O3. The van der Waals surface area contributed by atoms with Crippen LogP contribution < -0.4 is 5.73 Å². The summed E-state index contributed by atoms with van der Waals surface area (Å²) in [6.07, 6.45) is 0.198. The summed E-state index contributed by atoms with van der Waals surface area (Å²) in [5.74, 6) is -0.428. The van der Waals surface area contributed by atoms with Gasteiger partial charge in [-0.25, -0.2) is 0 Å². The molecule has 1 amide bonds. The summed E-state index contributed by atoms with van der Waals surface area (Å²) in [7, 11) is 1.66. The number of hydrogen-bond donors (Lipinski definition) is 1. The van der Waals surface area contributed by atoms with Crippen molar-refractivity contribution < 1.29 is 14.3 Å². The maximum absolute atomic E-state index is 12.1. The molecule has 0 bridgehead atoms. The van der Waals surface area contributed by atoms with E-state index >= 15 is 0 Å². The molecule has 0 fully saturated rings. The van der Waals surface area contributed by atoms with E-state index in [4.69, 9.17) is 10.5 Å². The smallest absolute Gasteiger partial charge is 0.307 e. The number of amides is 1. The van der Waals surface area contributed by atoms with Crippen LogP contribution in [-0.4, -0.2) is 37.0 Å². The van der Waals surface area contributed by atoms with Gasteiger partial charge in [-0.3, -0.25) is 9.59 Å². The highest BCUT2D eigenvalue weighted by Crippen LogP contribution is 2.14. The van der Waals surface area contributed by atoms with Crippen molar-refractivity contribution in [3.8, 4) is 0 Å². The van der Waals surface area contributed by atoms with Crippen molar-refractivity contribution in [3.63, 3.8) is 0 Å². The maximum Gasteiger partial charge on any atom is 0.307 e. The number of hydrogen-bond acceptors (Lipinski definition) is 4. The first-order valence-corrected chi connectivity index (χ1v) is 6.23. The third-order valence-corrected chi connectivity index (χ3v) is 2.82. The largest absolute Gasteiger partial charge is 0.466 e. The van der Waals surface area contributed by atoms with Crippen LogP contribution in [0, 0.1) is 6.92 Å². The molecule has 1 aromatic rings. The van der Waals surface area contributed by atoms with Crippen LogP contribution in [0.3, 0.4) is 0 Å². The summed E-state index contributed by atoms with van der Waals surface area (Å²) in [6, 6.07) is 5.14. The first-order valence-electron chi connectivity index (χ1n) is 6.23. The fraction of sp³-hybridized carbons (Fsp3) is 0.429. The zero-order valence-electron chi connectivity index (χ0n) is 11.6. The van der Waals surface area contributed by atoms with Gasteiger partial charge in [0.1, 0.15) is 0 Å². The Labute approximate surface area is 113 Å². The Kier molecular flexibility index (Phi) is 5.36. The second-order valence-electron chi connectivity index (χ2n) is 4.35. The zero-order chi connectivity index (χ0) is 14.4. The van der Waals surface area contributed by atoms with Crippen molar-refractivity contribution in [2.24, 2.45) is 0 Å². The first kappa shape index (κ1) is 15.0. The van der Waals surface area contributed by atoms with Gasteiger partial charge < -0.3 is 15.4 Å². The number of esters is 1. The number of nitrogens with two attached hydrogens (primary N) is 1. The summed E-state index contributed by atoms with van der Waals surface area (Å²) < 4.78 is 4.82. The molecule has 0 radical (unpaired) electrons. The monoisotopic (exact) mass is 264 g/mol. The fourth-order valence-electron chi connectivity index (χ4n) is 1.62. The molecule has 0 unspecified atom stereocenters. The van der Waals surface area contributed by atoms with Crippen molar-refractivity contribution in [2.45, 2.75) is 20.3 Å². The summed E-state index contributed by atoms with van der Waals surface area (Å²) in [5, 5.41) is 0. The van der Waals surface area contributed by atoms with Crippen molar-refractivity contribution in [2.75, 3.05) is 25.9 Å². The van der Waals surface area contributed by atoms with Crippen molar-refractivity contribution in [1.29, 1.82) is 0 Å². The van der Waals surface area contributed by atoms with E-state index in [-0.39, 0.29) is 18.3 Å². The number of carbonyl (C=O) groups is 2. The molecule has 2 N–H and O–H groups in total. The predicted octanol–water partition coefficient (Wildman–Crippen LogP) is 1.60. The second-order valence-corrected chi connectivity index (χ2v) is 4.35. The standard InChI is InChI=1S/C14H20N2O3/c1-4-19-13(17)7-8-16(3)14(18)11-5-6-12(15)10(2)9-11/h5-6,9H,4,7-8,15H2,1-3H3. The van der Waals surface area contributed by atoms with Crippen LogP contribution in [0.4, 0.5) is 5.69 Å². The number of ether oxygens (including phenoxy) is 1. The number of nitrogen functional groups attached to an aromatic ring is 1. The minimum Gasteiger partial charge on any atom is -0.466 e. The van der Waals surface area contributed by atoms with Gasteiger partial charge in [0.15, 0.2) is 0 Å². The van der Waals surface area contributed by atoms with Gasteiger partial charge in [-0.05, 0) is 37.6 Å². The van der Waals surface area contributed by atoms with Crippen LogP contribution in [-0.2, 0) is 9.53 Å². The quantitative estimate of drug-likeness (QED) is 0.647. The summed E-state index contributed by atoms with van der Waals surface area (Å²) in [4.78, 5) is 24.8. The molecule has 0 atom stereocenters. The molecule has 5 nitrogen and oxygen atoms in total. The molecule has 0 saturated carbocycles.